The smallest absolute Gasteiger partial charge is 0.264 e. The molecule has 0 radical (unpaired) electrons. The van der Waals surface area contributed by atoms with Crippen LogP contribution in [0.2, 0.25) is 5.02 Å². The SMILES string of the molecule is CN(c1ccc(F)cc1)S(=O)(=O)c1ccc(Cl)c(C(=O)Nc2ccc3oc(C4CC4)nc3c2)c1. The molecule has 34 heavy (non-hydrogen) atoms. The molecule has 10 heteroatoms. The Kier molecular flexibility index (Phi) is 5.53. The van der Waals surface area contributed by atoms with Gasteiger partial charge in [-0.05, 0) is 73.5 Å². The summed E-state index contributed by atoms with van der Waals surface area (Å²) in [4.78, 5) is 17.3. The van der Waals surface area contributed by atoms with Gasteiger partial charge in [0.2, 0.25) is 0 Å². The van der Waals surface area contributed by atoms with E-state index in [0.717, 1.165) is 17.1 Å². The molecule has 1 aromatic heterocycles. The number of nitrogens with one attached hydrogen (secondary N) is 1. The van der Waals surface area contributed by atoms with Crippen LogP contribution in [0.5, 0.6) is 0 Å². The normalized spacial score (nSPS) is 13.7. The maximum absolute atomic E-state index is 13.2. The van der Waals surface area contributed by atoms with Crippen LogP contribution in [0, 0.1) is 5.82 Å². The average molecular weight is 500 g/mol. The molecule has 0 spiro atoms. The molecule has 0 bridgehead atoms. The summed E-state index contributed by atoms with van der Waals surface area (Å²) >= 11 is 6.22. The van der Waals surface area contributed by atoms with Crippen LogP contribution in [0.25, 0.3) is 11.1 Å². The molecular formula is C24H19ClFN3O4S. The molecule has 7 nitrogen and oxygen atoms in total. The molecule has 1 heterocycles. The summed E-state index contributed by atoms with van der Waals surface area (Å²) in [6.45, 7) is 0. The molecule has 1 N–H and O–H groups in total. The van der Waals surface area contributed by atoms with Gasteiger partial charge in [0.05, 0.1) is 21.2 Å². The number of carbonyl (C=O) groups is 1. The van der Waals surface area contributed by atoms with Crippen LogP contribution in [0.3, 0.4) is 0 Å². The summed E-state index contributed by atoms with van der Waals surface area (Å²) in [5.74, 6) is 0.0102. The summed E-state index contributed by atoms with van der Waals surface area (Å²) in [6.07, 6.45) is 2.12. The zero-order valence-corrected chi connectivity index (χ0v) is 19.5. The van der Waals surface area contributed by atoms with Gasteiger partial charge in [0, 0.05) is 18.7 Å². The maximum Gasteiger partial charge on any atom is 0.264 e. The van der Waals surface area contributed by atoms with Crippen molar-refractivity contribution in [1.82, 2.24) is 4.98 Å². The molecule has 0 aliphatic heterocycles. The predicted octanol–water partition coefficient (Wildman–Crippen LogP) is 5.58. The van der Waals surface area contributed by atoms with Gasteiger partial charge in [-0.25, -0.2) is 17.8 Å². The lowest BCUT2D eigenvalue weighted by Crippen LogP contribution is -2.27. The van der Waals surface area contributed by atoms with E-state index in [-0.39, 0.29) is 21.2 Å². The quantitative estimate of drug-likeness (QED) is 0.374. The van der Waals surface area contributed by atoms with Crippen molar-refractivity contribution >= 4 is 50.0 Å². The number of hydrogen-bond donors (Lipinski definition) is 1. The van der Waals surface area contributed by atoms with Gasteiger partial charge in [0.25, 0.3) is 15.9 Å². The first-order chi connectivity index (χ1) is 16.2. The first-order valence-corrected chi connectivity index (χ1v) is 12.3. The number of fused-ring (bicyclic) bond motifs is 1. The summed E-state index contributed by atoms with van der Waals surface area (Å²) < 4.78 is 46.2. The largest absolute Gasteiger partial charge is 0.440 e. The molecule has 4 aromatic rings. The minimum atomic E-state index is -4.03. The van der Waals surface area contributed by atoms with Gasteiger partial charge < -0.3 is 9.73 Å². The zero-order chi connectivity index (χ0) is 24.0. The fourth-order valence-electron chi connectivity index (χ4n) is 3.51. The van der Waals surface area contributed by atoms with E-state index in [9.17, 15) is 17.6 Å². The minimum absolute atomic E-state index is 0.00540. The highest BCUT2D eigenvalue weighted by Crippen LogP contribution is 2.40. The zero-order valence-electron chi connectivity index (χ0n) is 18.0. The fraction of sp³-hybridized carbons (Fsp3) is 0.167. The van der Waals surface area contributed by atoms with Crippen LogP contribution in [0.4, 0.5) is 15.8 Å². The number of anilines is 2. The van der Waals surface area contributed by atoms with Gasteiger partial charge in [0.15, 0.2) is 11.5 Å². The molecule has 1 aliphatic rings. The van der Waals surface area contributed by atoms with Crippen molar-refractivity contribution in [3.05, 3.63) is 83.0 Å². The van der Waals surface area contributed by atoms with E-state index in [2.05, 4.69) is 10.3 Å². The molecule has 0 atom stereocenters. The molecular weight excluding hydrogens is 481 g/mol. The van der Waals surface area contributed by atoms with Gasteiger partial charge in [-0.15, -0.1) is 0 Å². The Balaban J connectivity index is 1.41. The number of oxazole rings is 1. The third kappa shape index (κ3) is 4.24. The minimum Gasteiger partial charge on any atom is -0.440 e. The molecule has 1 fully saturated rings. The van der Waals surface area contributed by atoms with Crippen molar-refractivity contribution in [3.8, 4) is 0 Å². The molecule has 174 valence electrons. The lowest BCUT2D eigenvalue weighted by atomic mass is 10.2. The molecule has 3 aromatic carbocycles. The van der Waals surface area contributed by atoms with Gasteiger partial charge >= 0.3 is 0 Å². The molecule has 1 amide bonds. The van der Waals surface area contributed by atoms with Crippen molar-refractivity contribution in [1.29, 1.82) is 0 Å². The van der Waals surface area contributed by atoms with Crippen LogP contribution in [-0.4, -0.2) is 26.4 Å². The number of carbonyl (C=O) groups excluding carboxylic acids is 1. The number of aromatic nitrogens is 1. The predicted molar refractivity (Wildman–Crippen MR) is 127 cm³/mol. The van der Waals surface area contributed by atoms with Gasteiger partial charge in [-0.1, -0.05) is 11.6 Å². The van der Waals surface area contributed by atoms with Crippen molar-refractivity contribution in [2.24, 2.45) is 0 Å². The topological polar surface area (TPSA) is 92.5 Å². The highest BCUT2D eigenvalue weighted by molar-refractivity contribution is 7.92. The third-order valence-electron chi connectivity index (χ3n) is 5.62. The van der Waals surface area contributed by atoms with Crippen LogP contribution in [0.1, 0.15) is 35.0 Å². The molecule has 0 saturated heterocycles. The number of halogens is 2. The van der Waals surface area contributed by atoms with E-state index in [1.807, 2.05) is 0 Å². The van der Waals surface area contributed by atoms with Crippen molar-refractivity contribution < 1.29 is 22.0 Å². The Bertz CT molecular complexity index is 1520. The Morgan fingerprint density at radius 1 is 1.12 bits per heavy atom. The number of nitrogens with zero attached hydrogens (tertiary/aromatic N) is 2. The molecule has 5 rings (SSSR count). The molecule has 0 unspecified atom stereocenters. The second kappa shape index (κ2) is 8.41. The highest BCUT2D eigenvalue weighted by Gasteiger charge is 2.29. The van der Waals surface area contributed by atoms with E-state index < -0.39 is 21.7 Å². The fourth-order valence-corrected chi connectivity index (χ4v) is 4.94. The van der Waals surface area contributed by atoms with E-state index in [1.165, 1.54) is 49.5 Å². The van der Waals surface area contributed by atoms with E-state index in [1.54, 1.807) is 18.2 Å². The van der Waals surface area contributed by atoms with Crippen LogP contribution in [0.15, 0.2) is 70.0 Å². The van der Waals surface area contributed by atoms with Gasteiger partial charge in [-0.3, -0.25) is 9.10 Å². The van der Waals surface area contributed by atoms with Gasteiger partial charge in [0.1, 0.15) is 11.3 Å². The number of benzene rings is 3. The molecule has 1 aliphatic carbocycles. The standard InChI is InChI=1S/C24H19ClFN3O4S/c1-29(17-7-4-15(26)5-8-17)34(31,32)18-9-10-20(25)19(13-18)23(30)27-16-6-11-22-21(12-16)28-24(33-22)14-2-3-14/h4-14H,2-3H2,1H3,(H,27,30). The summed E-state index contributed by atoms with van der Waals surface area (Å²) in [5.41, 5.74) is 2.00. The third-order valence-corrected chi connectivity index (χ3v) is 7.73. The highest BCUT2D eigenvalue weighted by atomic mass is 35.5. The van der Waals surface area contributed by atoms with Crippen LogP contribution >= 0.6 is 11.6 Å². The first-order valence-electron chi connectivity index (χ1n) is 10.5. The summed E-state index contributed by atoms with van der Waals surface area (Å²) in [7, 11) is -2.68. The van der Waals surface area contributed by atoms with E-state index in [0.29, 0.717) is 28.6 Å². The Morgan fingerprint density at radius 2 is 1.85 bits per heavy atom. The van der Waals surface area contributed by atoms with Crippen LogP contribution < -0.4 is 9.62 Å². The second-order valence-corrected chi connectivity index (χ2v) is 10.4. The lowest BCUT2D eigenvalue weighted by Gasteiger charge is -2.20. The lowest BCUT2D eigenvalue weighted by molar-refractivity contribution is 0.102. The van der Waals surface area contributed by atoms with E-state index in [4.69, 9.17) is 16.0 Å². The second-order valence-electron chi connectivity index (χ2n) is 8.05. The molecule has 1 saturated carbocycles. The number of hydrogen-bond acceptors (Lipinski definition) is 5. The first kappa shape index (κ1) is 22.4. The monoisotopic (exact) mass is 499 g/mol. The summed E-state index contributed by atoms with van der Waals surface area (Å²) in [6, 6.07) is 14.0. The maximum atomic E-state index is 13.2. The van der Waals surface area contributed by atoms with Gasteiger partial charge in [-0.2, -0.15) is 0 Å². The summed E-state index contributed by atoms with van der Waals surface area (Å²) in [5, 5.41) is 2.83. The van der Waals surface area contributed by atoms with Crippen molar-refractivity contribution in [2.45, 2.75) is 23.7 Å². The van der Waals surface area contributed by atoms with Crippen molar-refractivity contribution in [2.75, 3.05) is 16.7 Å². The van der Waals surface area contributed by atoms with Crippen LogP contribution in [-0.2, 0) is 10.0 Å². The average Bonchev–Trinajstić information content (AvgIpc) is 3.58. The number of amides is 1. The Labute approximate surface area is 200 Å². The van der Waals surface area contributed by atoms with E-state index >= 15 is 0 Å². The number of rotatable bonds is 6. The number of sulfonamides is 1. The Morgan fingerprint density at radius 3 is 2.56 bits per heavy atom. The van der Waals surface area contributed by atoms with Crippen molar-refractivity contribution in [3.63, 3.8) is 0 Å². The Hall–Kier alpha value is -3.43.